The van der Waals surface area contributed by atoms with Gasteiger partial charge in [0, 0.05) is 11.6 Å². The fraction of sp³-hybridized carbons (Fsp3) is 0.318. The van der Waals surface area contributed by atoms with Crippen LogP contribution in [0.25, 0.3) is 0 Å². The zero-order valence-corrected chi connectivity index (χ0v) is 19.5. The molecule has 7 nitrogen and oxygen atoms in total. The van der Waals surface area contributed by atoms with Crippen molar-refractivity contribution in [3.8, 4) is 0 Å². The number of aromatic nitrogens is 2. The van der Waals surface area contributed by atoms with E-state index in [4.69, 9.17) is 0 Å². The van der Waals surface area contributed by atoms with Crippen LogP contribution >= 0.6 is 11.3 Å². The van der Waals surface area contributed by atoms with Gasteiger partial charge in [0.05, 0.1) is 0 Å². The van der Waals surface area contributed by atoms with Gasteiger partial charge in [0.25, 0.3) is 15.9 Å². The van der Waals surface area contributed by atoms with Crippen molar-refractivity contribution in [2.24, 2.45) is 0 Å². The first-order valence-corrected chi connectivity index (χ1v) is 12.2. The lowest BCUT2D eigenvalue weighted by atomic mass is 9.79. The molecule has 3 aromatic rings. The van der Waals surface area contributed by atoms with E-state index in [-0.39, 0.29) is 26.8 Å². The van der Waals surface area contributed by atoms with Gasteiger partial charge in [0.2, 0.25) is 9.47 Å². The van der Waals surface area contributed by atoms with E-state index in [9.17, 15) is 13.2 Å². The van der Waals surface area contributed by atoms with Crippen molar-refractivity contribution in [1.29, 1.82) is 0 Å². The molecule has 0 spiro atoms. The van der Waals surface area contributed by atoms with Crippen LogP contribution in [0.5, 0.6) is 0 Å². The zero-order chi connectivity index (χ0) is 22.6. The van der Waals surface area contributed by atoms with E-state index in [2.05, 4.69) is 34.1 Å². The minimum Gasteiger partial charge on any atom is -0.296 e. The SMILES string of the molecule is Cc1ccccc1C(=O)Nc1nnc(S(=O)(=O)N[C@H](C)CC(C)(C)c2ccccc2)s1. The average Bonchev–Trinajstić information content (AvgIpc) is 3.17. The summed E-state index contributed by atoms with van der Waals surface area (Å²) in [6, 6.07) is 16.8. The van der Waals surface area contributed by atoms with Gasteiger partial charge in [-0.1, -0.05) is 73.7 Å². The van der Waals surface area contributed by atoms with Crippen molar-refractivity contribution in [3.05, 3.63) is 71.3 Å². The van der Waals surface area contributed by atoms with Crippen LogP contribution in [0.3, 0.4) is 0 Å². The molecule has 31 heavy (non-hydrogen) atoms. The van der Waals surface area contributed by atoms with Crippen LogP contribution in [0, 0.1) is 6.92 Å². The first-order valence-electron chi connectivity index (χ1n) is 9.87. The number of benzene rings is 2. The summed E-state index contributed by atoms with van der Waals surface area (Å²) in [6.07, 6.45) is 0.603. The molecule has 0 radical (unpaired) electrons. The summed E-state index contributed by atoms with van der Waals surface area (Å²) in [4.78, 5) is 12.4. The third-order valence-corrected chi connectivity index (χ3v) is 7.77. The van der Waals surface area contributed by atoms with Gasteiger partial charge in [-0.2, -0.15) is 0 Å². The third kappa shape index (κ3) is 5.75. The standard InChI is InChI=1S/C22H26N4O3S2/c1-15-10-8-9-13-18(15)19(27)23-20-24-25-21(30-20)31(28,29)26-16(2)14-22(3,4)17-11-6-5-7-12-17/h5-13,16,26H,14H2,1-4H3,(H,23,24,27)/t16-/m1/s1. The van der Waals surface area contributed by atoms with Crippen molar-refractivity contribution < 1.29 is 13.2 Å². The number of anilines is 1. The number of rotatable bonds is 8. The minimum absolute atomic E-state index is 0.130. The first kappa shape index (κ1) is 23.1. The van der Waals surface area contributed by atoms with Crippen LogP contribution in [0.2, 0.25) is 0 Å². The predicted molar refractivity (Wildman–Crippen MR) is 123 cm³/mol. The Morgan fingerprint density at radius 3 is 2.39 bits per heavy atom. The maximum atomic E-state index is 12.8. The predicted octanol–water partition coefficient (Wildman–Crippen LogP) is 4.13. The third-order valence-electron chi connectivity index (χ3n) is 4.97. The second-order valence-electron chi connectivity index (χ2n) is 8.12. The average molecular weight is 459 g/mol. The zero-order valence-electron chi connectivity index (χ0n) is 17.9. The van der Waals surface area contributed by atoms with Gasteiger partial charge in [-0.15, -0.1) is 10.2 Å². The Morgan fingerprint density at radius 2 is 1.71 bits per heavy atom. The number of nitrogens with zero attached hydrogens (tertiary/aromatic N) is 2. The molecular weight excluding hydrogens is 432 g/mol. The molecular formula is C22H26N4O3S2. The number of carbonyl (C=O) groups excluding carboxylic acids is 1. The topological polar surface area (TPSA) is 101 Å². The van der Waals surface area contributed by atoms with Gasteiger partial charge in [-0.05, 0) is 42.9 Å². The van der Waals surface area contributed by atoms with Crippen molar-refractivity contribution in [2.45, 2.75) is 49.9 Å². The molecule has 164 valence electrons. The van der Waals surface area contributed by atoms with Crippen molar-refractivity contribution in [1.82, 2.24) is 14.9 Å². The Kier molecular flexibility index (Phi) is 6.88. The summed E-state index contributed by atoms with van der Waals surface area (Å²) in [5.74, 6) is -0.357. The highest BCUT2D eigenvalue weighted by Gasteiger charge is 2.28. The maximum Gasteiger partial charge on any atom is 0.270 e. The Morgan fingerprint density at radius 1 is 1.06 bits per heavy atom. The molecule has 2 N–H and O–H groups in total. The minimum atomic E-state index is -3.86. The van der Waals surface area contributed by atoms with Crippen molar-refractivity contribution in [2.75, 3.05) is 5.32 Å². The lowest BCUT2D eigenvalue weighted by Gasteiger charge is -2.28. The van der Waals surface area contributed by atoms with Crippen molar-refractivity contribution in [3.63, 3.8) is 0 Å². The van der Waals surface area contributed by atoms with E-state index < -0.39 is 10.0 Å². The van der Waals surface area contributed by atoms with Gasteiger partial charge >= 0.3 is 0 Å². The number of hydrogen-bond acceptors (Lipinski definition) is 6. The van der Waals surface area contributed by atoms with Gasteiger partial charge in [-0.25, -0.2) is 13.1 Å². The lowest BCUT2D eigenvalue weighted by Crippen LogP contribution is -2.37. The Labute approximate surface area is 187 Å². The highest BCUT2D eigenvalue weighted by molar-refractivity contribution is 7.91. The summed E-state index contributed by atoms with van der Waals surface area (Å²) in [7, 11) is -3.86. The first-order chi connectivity index (χ1) is 14.6. The molecule has 0 saturated heterocycles. The van der Waals surface area contributed by atoms with Crippen LogP contribution in [-0.2, 0) is 15.4 Å². The number of nitrogens with one attached hydrogen (secondary N) is 2. The van der Waals surface area contributed by atoms with E-state index >= 15 is 0 Å². The molecule has 0 bridgehead atoms. The summed E-state index contributed by atoms with van der Waals surface area (Å²) < 4.78 is 28.0. The quantitative estimate of drug-likeness (QED) is 0.494. The van der Waals surface area contributed by atoms with E-state index in [1.54, 1.807) is 12.1 Å². The highest BCUT2D eigenvalue weighted by Crippen LogP contribution is 2.29. The maximum absolute atomic E-state index is 12.8. The lowest BCUT2D eigenvalue weighted by molar-refractivity contribution is 0.102. The van der Waals surface area contributed by atoms with Crippen molar-refractivity contribution >= 4 is 32.4 Å². The fourth-order valence-corrected chi connectivity index (χ4v) is 5.65. The van der Waals surface area contributed by atoms with E-state index in [1.165, 1.54) is 0 Å². The van der Waals surface area contributed by atoms with Crippen LogP contribution in [0.4, 0.5) is 5.13 Å². The monoisotopic (exact) mass is 458 g/mol. The van der Waals surface area contributed by atoms with Gasteiger partial charge in [0.1, 0.15) is 0 Å². The highest BCUT2D eigenvalue weighted by atomic mass is 32.2. The number of aryl methyl sites for hydroxylation is 1. The summed E-state index contributed by atoms with van der Waals surface area (Å²) in [6.45, 7) is 7.81. The molecule has 2 aromatic carbocycles. The number of sulfonamides is 1. The molecule has 0 aliphatic carbocycles. The normalized spacial score (nSPS) is 13.0. The van der Waals surface area contributed by atoms with Crippen LogP contribution < -0.4 is 10.0 Å². The molecule has 1 aromatic heterocycles. The molecule has 1 atom stereocenters. The van der Waals surface area contributed by atoms with E-state index in [1.807, 2.05) is 56.3 Å². The molecule has 1 heterocycles. The summed E-state index contributed by atoms with van der Waals surface area (Å²) >= 11 is 0.820. The van der Waals surface area contributed by atoms with Gasteiger partial charge in [0.15, 0.2) is 0 Å². The molecule has 0 fully saturated rings. The van der Waals surface area contributed by atoms with Crippen LogP contribution in [0.1, 0.15) is 48.7 Å². The molecule has 1 amide bonds. The number of hydrogen-bond donors (Lipinski definition) is 2. The second kappa shape index (κ2) is 9.25. The largest absolute Gasteiger partial charge is 0.296 e. The molecule has 0 aliphatic rings. The van der Waals surface area contributed by atoms with E-state index in [0.29, 0.717) is 12.0 Å². The van der Waals surface area contributed by atoms with Crippen LogP contribution in [0.15, 0.2) is 58.9 Å². The van der Waals surface area contributed by atoms with E-state index in [0.717, 1.165) is 22.5 Å². The molecule has 3 rings (SSSR count). The number of amides is 1. The van der Waals surface area contributed by atoms with Gasteiger partial charge in [-0.3, -0.25) is 10.1 Å². The Balaban J connectivity index is 1.67. The molecule has 0 unspecified atom stereocenters. The van der Waals surface area contributed by atoms with Crippen LogP contribution in [-0.4, -0.2) is 30.6 Å². The Bertz CT molecular complexity index is 1160. The molecule has 0 saturated carbocycles. The van der Waals surface area contributed by atoms with Gasteiger partial charge < -0.3 is 0 Å². The summed E-state index contributed by atoms with van der Waals surface area (Å²) in [5, 5.41) is 10.3. The summed E-state index contributed by atoms with van der Waals surface area (Å²) in [5.41, 5.74) is 2.24. The number of carbonyl (C=O) groups is 1. The molecule has 0 aliphatic heterocycles. The second-order valence-corrected chi connectivity index (χ2v) is 11.0. The fourth-order valence-electron chi connectivity index (χ4n) is 3.49. The molecule has 9 heteroatoms. The smallest absolute Gasteiger partial charge is 0.270 e. The Hall–Kier alpha value is -2.62.